The number of pyridine rings is 1. The summed E-state index contributed by atoms with van der Waals surface area (Å²) in [7, 11) is 0. The molecule has 0 unspecified atom stereocenters. The molecule has 0 atom stereocenters. The molecule has 23 heavy (non-hydrogen) atoms. The van der Waals surface area contributed by atoms with Gasteiger partial charge in [-0.1, -0.05) is 41.9 Å². The predicted octanol–water partition coefficient (Wildman–Crippen LogP) is 4.67. The number of aromatic hydroxyl groups is 1. The molecule has 0 bridgehead atoms. The van der Waals surface area contributed by atoms with Gasteiger partial charge in [-0.15, -0.1) is 0 Å². The molecule has 0 spiro atoms. The Morgan fingerprint density at radius 2 is 1.96 bits per heavy atom. The number of hydrogen-bond acceptors (Lipinski definition) is 4. The zero-order valence-corrected chi connectivity index (χ0v) is 12.6. The average molecular weight is 327 g/mol. The summed E-state index contributed by atoms with van der Waals surface area (Å²) in [4.78, 5) is 14.7. The fourth-order valence-corrected chi connectivity index (χ4v) is 2.38. The van der Waals surface area contributed by atoms with Gasteiger partial charge in [-0.25, -0.2) is 4.98 Å². The summed E-state index contributed by atoms with van der Waals surface area (Å²) in [5.74, 6) is 0.111. The van der Waals surface area contributed by atoms with Crippen molar-refractivity contribution in [1.29, 1.82) is 0 Å². The molecule has 2 aromatic carbocycles. The Kier molecular flexibility index (Phi) is 3.95. The molecule has 114 valence electrons. The van der Waals surface area contributed by atoms with E-state index in [0.29, 0.717) is 16.8 Å². The van der Waals surface area contributed by atoms with Crippen LogP contribution in [0.3, 0.4) is 0 Å². The van der Waals surface area contributed by atoms with Crippen LogP contribution in [0, 0.1) is 10.1 Å². The summed E-state index contributed by atoms with van der Waals surface area (Å²) < 4.78 is 0. The van der Waals surface area contributed by atoms with Crippen molar-refractivity contribution in [3.05, 3.63) is 74.9 Å². The maximum Gasteiger partial charge on any atom is 0.288 e. The Balaban J connectivity index is 1.95. The van der Waals surface area contributed by atoms with Gasteiger partial charge in [0.15, 0.2) is 0 Å². The van der Waals surface area contributed by atoms with Crippen LogP contribution >= 0.6 is 11.6 Å². The van der Waals surface area contributed by atoms with Gasteiger partial charge in [-0.05, 0) is 29.8 Å². The van der Waals surface area contributed by atoms with Crippen LogP contribution in [0.15, 0.2) is 48.5 Å². The number of nitro benzene ring substituents is 1. The molecule has 3 rings (SSSR count). The maximum absolute atomic E-state index is 10.9. The third kappa shape index (κ3) is 3.14. The van der Waals surface area contributed by atoms with Crippen LogP contribution in [-0.2, 0) is 0 Å². The number of nitro groups is 1. The lowest BCUT2D eigenvalue weighted by Gasteiger charge is -2.01. The fourth-order valence-electron chi connectivity index (χ4n) is 2.19. The van der Waals surface area contributed by atoms with E-state index >= 15 is 0 Å². The lowest BCUT2D eigenvalue weighted by Crippen LogP contribution is -1.89. The predicted molar refractivity (Wildman–Crippen MR) is 90.4 cm³/mol. The van der Waals surface area contributed by atoms with Crippen molar-refractivity contribution in [2.24, 2.45) is 0 Å². The first-order valence-corrected chi connectivity index (χ1v) is 7.13. The number of halogens is 1. The van der Waals surface area contributed by atoms with Crippen molar-refractivity contribution < 1.29 is 10.0 Å². The van der Waals surface area contributed by atoms with Gasteiger partial charge in [0.1, 0.15) is 16.3 Å². The van der Waals surface area contributed by atoms with E-state index in [1.54, 1.807) is 30.4 Å². The molecule has 1 N–H and O–H groups in total. The topological polar surface area (TPSA) is 76.3 Å². The van der Waals surface area contributed by atoms with E-state index in [-0.39, 0.29) is 16.5 Å². The van der Waals surface area contributed by atoms with Crippen molar-refractivity contribution in [2.45, 2.75) is 0 Å². The highest BCUT2D eigenvalue weighted by atomic mass is 35.5. The molecule has 5 nitrogen and oxygen atoms in total. The second-order valence-electron chi connectivity index (χ2n) is 4.89. The quantitative estimate of drug-likeness (QED) is 0.560. The van der Waals surface area contributed by atoms with Crippen LogP contribution in [0.25, 0.3) is 23.1 Å². The van der Waals surface area contributed by atoms with E-state index in [2.05, 4.69) is 4.98 Å². The molecule has 1 aromatic heterocycles. The number of fused-ring (bicyclic) bond motifs is 1. The molecule has 0 aliphatic heterocycles. The van der Waals surface area contributed by atoms with Crippen molar-refractivity contribution >= 4 is 40.3 Å². The summed E-state index contributed by atoms with van der Waals surface area (Å²) >= 11 is 5.79. The molecule has 0 saturated carbocycles. The lowest BCUT2D eigenvalue weighted by atomic mass is 10.1. The van der Waals surface area contributed by atoms with Crippen LogP contribution in [0.1, 0.15) is 11.3 Å². The molecule has 0 fully saturated rings. The monoisotopic (exact) mass is 326 g/mol. The minimum absolute atomic E-state index is 0.0981. The van der Waals surface area contributed by atoms with Crippen molar-refractivity contribution in [3.8, 4) is 5.75 Å². The Hall–Kier alpha value is -2.92. The van der Waals surface area contributed by atoms with Gasteiger partial charge in [0, 0.05) is 11.5 Å². The largest absolute Gasteiger partial charge is 0.506 e. The first-order valence-electron chi connectivity index (χ1n) is 6.75. The molecule has 0 aliphatic carbocycles. The Labute approximate surface area is 136 Å². The fraction of sp³-hybridized carbons (Fsp3) is 0. The Morgan fingerprint density at radius 1 is 1.13 bits per heavy atom. The van der Waals surface area contributed by atoms with Gasteiger partial charge < -0.3 is 5.11 Å². The van der Waals surface area contributed by atoms with E-state index in [0.717, 1.165) is 5.39 Å². The molecular weight excluding hydrogens is 316 g/mol. The highest BCUT2D eigenvalue weighted by molar-refractivity contribution is 6.32. The van der Waals surface area contributed by atoms with Crippen molar-refractivity contribution in [2.75, 3.05) is 0 Å². The minimum atomic E-state index is -0.522. The van der Waals surface area contributed by atoms with Crippen molar-refractivity contribution in [3.63, 3.8) is 0 Å². The smallest absolute Gasteiger partial charge is 0.288 e. The highest BCUT2D eigenvalue weighted by Gasteiger charge is 2.11. The van der Waals surface area contributed by atoms with E-state index in [1.807, 2.05) is 18.2 Å². The van der Waals surface area contributed by atoms with Gasteiger partial charge in [0.05, 0.1) is 10.6 Å². The summed E-state index contributed by atoms with van der Waals surface area (Å²) in [6.07, 6.45) is 3.43. The molecule has 0 aliphatic rings. The number of rotatable bonds is 3. The summed E-state index contributed by atoms with van der Waals surface area (Å²) in [5.41, 5.74) is 1.64. The second kappa shape index (κ2) is 6.06. The van der Waals surface area contributed by atoms with Crippen LogP contribution in [0.2, 0.25) is 5.02 Å². The van der Waals surface area contributed by atoms with Crippen LogP contribution < -0.4 is 0 Å². The van der Waals surface area contributed by atoms with Gasteiger partial charge in [-0.2, -0.15) is 0 Å². The van der Waals surface area contributed by atoms with Gasteiger partial charge >= 0.3 is 0 Å². The maximum atomic E-state index is 10.9. The number of para-hydroxylation sites is 1. The van der Waals surface area contributed by atoms with Crippen LogP contribution in [-0.4, -0.2) is 15.0 Å². The van der Waals surface area contributed by atoms with Crippen molar-refractivity contribution in [1.82, 2.24) is 4.98 Å². The molecule has 1 heterocycles. The van der Waals surface area contributed by atoms with Gasteiger partial charge in [0.2, 0.25) is 0 Å². The third-order valence-electron chi connectivity index (χ3n) is 3.33. The molecular formula is C17H11ClN2O3. The summed E-state index contributed by atoms with van der Waals surface area (Å²) in [5, 5.41) is 21.7. The SMILES string of the molecule is O=[N+]([O-])c1cc(/C=C/c2ccc3cccc(O)c3n2)ccc1Cl. The number of aromatic nitrogens is 1. The number of benzene rings is 2. The number of phenols is 1. The summed E-state index contributed by atoms with van der Waals surface area (Å²) in [6, 6.07) is 13.4. The van der Waals surface area contributed by atoms with E-state index in [4.69, 9.17) is 11.6 Å². The van der Waals surface area contributed by atoms with Gasteiger partial charge in [-0.3, -0.25) is 10.1 Å². The normalized spacial score (nSPS) is 11.2. The van der Waals surface area contributed by atoms with Gasteiger partial charge in [0.25, 0.3) is 5.69 Å². The van der Waals surface area contributed by atoms with E-state index in [1.165, 1.54) is 12.1 Å². The second-order valence-corrected chi connectivity index (χ2v) is 5.29. The minimum Gasteiger partial charge on any atom is -0.506 e. The number of phenolic OH excluding ortho intramolecular Hbond substituents is 1. The number of hydrogen-bond donors (Lipinski definition) is 1. The van der Waals surface area contributed by atoms with Crippen LogP contribution in [0.5, 0.6) is 5.75 Å². The standard InChI is InChI=1S/C17H11ClN2O3/c18-14-9-5-11(10-15(14)20(22)23)4-7-13-8-6-12-2-1-3-16(21)17(12)19-13/h1-10,21H/b7-4+. The Bertz CT molecular complexity index is 938. The summed E-state index contributed by atoms with van der Waals surface area (Å²) in [6.45, 7) is 0. The molecule has 3 aromatic rings. The lowest BCUT2D eigenvalue weighted by molar-refractivity contribution is -0.384. The van der Waals surface area contributed by atoms with Crippen LogP contribution in [0.4, 0.5) is 5.69 Å². The molecule has 0 radical (unpaired) electrons. The molecule has 6 heteroatoms. The third-order valence-corrected chi connectivity index (χ3v) is 3.65. The molecule has 0 saturated heterocycles. The first-order chi connectivity index (χ1) is 11.0. The Morgan fingerprint density at radius 3 is 2.74 bits per heavy atom. The van der Waals surface area contributed by atoms with E-state index in [9.17, 15) is 15.2 Å². The average Bonchev–Trinajstić information content (AvgIpc) is 2.54. The zero-order valence-electron chi connectivity index (χ0n) is 11.8. The first kappa shape index (κ1) is 15.0. The number of nitrogens with zero attached hydrogens (tertiary/aromatic N) is 2. The highest BCUT2D eigenvalue weighted by Crippen LogP contribution is 2.26. The van der Waals surface area contributed by atoms with E-state index < -0.39 is 4.92 Å². The molecule has 0 amide bonds. The zero-order chi connectivity index (χ0) is 16.4.